The number of para-hydroxylation sites is 1. The van der Waals surface area contributed by atoms with E-state index in [0.717, 1.165) is 34.3 Å². The van der Waals surface area contributed by atoms with Gasteiger partial charge < -0.3 is 10.6 Å². The van der Waals surface area contributed by atoms with Gasteiger partial charge in [0.1, 0.15) is 12.2 Å². The van der Waals surface area contributed by atoms with Gasteiger partial charge in [0.2, 0.25) is 0 Å². The van der Waals surface area contributed by atoms with Crippen LogP contribution < -0.4 is 15.6 Å². The van der Waals surface area contributed by atoms with E-state index >= 15 is 0 Å². The van der Waals surface area contributed by atoms with E-state index in [1.54, 1.807) is 30.1 Å². The maximum atomic E-state index is 12.1. The van der Waals surface area contributed by atoms with Crippen LogP contribution in [0.2, 0.25) is 0 Å². The molecule has 0 aromatic heterocycles. The molecule has 3 aromatic carbocycles. The van der Waals surface area contributed by atoms with Crippen LogP contribution in [0.1, 0.15) is 30.5 Å². The van der Waals surface area contributed by atoms with E-state index in [4.69, 9.17) is 5.73 Å². The highest BCUT2D eigenvalue weighted by Gasteiger charge is 2.22. The third-order valence-corrected chi connectivity index (χ3v) is 6.28. The molecule has 1 heterocycles. The van der Waals surface area contributed by atoms with Gasteiger partial charge in [0.15, 0.2) is 10.9 Å². The molecule has 188 valence electrons. The van der Waals surface area contributed by atoms with E-state index in [2.05, 4.69) is 62.1 Å². The smallest absolute Gasteiger partial charge is 0.190 e. The molecule has 1 aliphatic heterocycles. The summed E-state index contributed by atoms with van der Waals surface area (Å²) in [6.07, 6.45) is 5.25. The summed E-state index contributed by atoms with van der Waals surface area (Å²) in [7, 11) is 0. The monoisotopic (exact) mass is 514 g/mol. The molecule has 4 rings (SSSR count). The van der Waals surface area contributed by atoms with E-state index in [-0.39, 0.29) is 5.75 Å². The van der Waals surface area contributed by atoms with Gasteiger partial charge in [-0.15, -0.1) is 5.10 Å². The number of aliphatic imine (C=N–C) groups is 2. The number of nitrogens with zero attached hydrogens (tertiary/aromatic N) is 5. The third kappa shape index (κ3) is 7.14. The van der Waals surface area contributed by atoms with E-state index in [1.165, 1.54) is 29.6 Å². The molecular formula is C28H27FN6OS. The van der Waals surface area contributed by atoms with Crippen LogP contribution in [-0.4, -0.2) is 35.9 Å². The average Bonchev–Trinajstić information content (AvgIpc) is 3.37. The van der Waals surface area contributed by atoms with Crippen molar-refractivity contribution in [1.82, 2.24) is 0 Å². The van der Waals surface area contributed by atoms with Crippen molar-refractivity contribution in [2.45, 2.75) is 13.8 Å². The highest BCUT2D eigenvalue weighted by molar-refractivity contribution is 8.14. The number of benzene rings is 3. The summed E-state index contributed by atoms with van der Waals surface area (Å²) in [6.45, 7) is 5.08. The molecule has 37 heavy (non-hydrogen) atoms. The molecule has 0 saturated carbocycles. The highest BCUT2D eigenvalue weighted by atomic mass is 32.2. The molecule has 0 spiro atoms. The third-order valence-electron chi connectivity index (χ3n) is 5.33. The zero-order valence-corrected chi connectivity index (χ0v) is 21.4. The predicted molar refractivity (Wildman–Crippen MR) is 154 cm³/mol. The summed E-state index contributed by atoms with van der Waals surface area (Å²) in [5.41, 5.74) is 11.9. The van der Waals surface area contributed by atoms with Crippen molar-refractivity contribution in [3.8, 4) is 5.75 Å². The van der Waals surface area contributed by atoms with Crippen molar-refractivity contribution in [2.24, 2.45) is 25.9 Å². The summed E-state index contributed by atoms with van der Waals surface area (Å²) in [4.78, 5) is 14.2. The number of thioether (sulfide) groups is 1. The largest absolute Gasteiger partial charge is 0.383 e. The fourth-order valence-electron chi connectivity index (χ4n) is 3.58. The molecule has 0 atom stereocenters. The second-order valence-electron chi connectivity index (χ2n) is 8.36. The quantitative estimate of drug-likeness (QED) is 0.215. The van der Waals surface area contributed by atoms with Crippen LogP contribution in [0.3, 0.4) is 0 Å². The molecule has 0 unspecified atom stereocenters. The number of halogens is 1. The van der Waals surface area contributed by atoms with Gasteiger partial charge in [-0.05, 0) is 55.3 Å². The Balaban J connectivity index is 1.41. The molecule has 0 radical (unpaired) electrons. The van der Waals surface area contributed by atoms with Gasteiger partial charge in [-0.25, -0.2) is 9.98 Å². The Morgan fingerprint density at radius 3 is 2.51 bits per heavy atom. The second-order valence-corrected chi connectivity index (χ2v) is 9.42. The Labute approximate surface area is 219 Å². The molecule has 9 heteroatoms. The lowest BCUT2D eigenvalue weighted by atomic mass is 10.1. The van der Waals surface area contributed by atoms with E-state index < -0.39 is 0 Å². The average molecular weight is 515 g/mol. The predicted octanol–water partition coefficient (Wildman–Crippen LogP) is 6.38. The number of allylic oxidation sites excluding steroid dienone is 1. The van der Waals surface area contributed by atoms with Crippen LogP contribution in [0, 0.1) is 0 Å². The van der Waals surface area contributed by atoms with Gasteiger partial charge in [0.05, 0.1) is 17.6 Å². The summed E-state index contributed by atoms with van der Waals surface area (Å²) in [5.74, 6) is 1.40. The topological polar surface area (TPSA) is 87.9 Å². The zero-order valence-electron chi connectivity index (χ0n) is 20.6. The van der Waals surface area contributed by atoms with Crippen molar-refractivity contribution >= 4 is 52.8 Å². The van der Waals surface area contributed by atoms with Crippen LogP contribution in [0.15, 0.2) is 98.6 Å². The van der Waals surface area contributed by atoms with Crippen LogP contribution in [-0.2, 0) is 0 Å². The van der Waals surface area contributed by atoms with Gasteiger partial charge in [-0.3, -0.25) is 4.94 Å². The molecule has 1 aliphatic rings. The summed E-state index contributed by atoms with van der Waals surface area (Å²) >= 11 is 1.70. The maximum absolute atomic E-state index is 12.1. The first-order valence-electron chi connectivity index (χ1n) is 11.6. The minimum absolute atomic E-state index is 0.112. The van der Waals surface area contributed by atoms with Crippen LogP contribution in [0.25, 0.3) is 6.08 Å². The van der Waals surface area contributed by atoms with Gasteiger partial charge in [0.25, 0.3) is 0 Å². The van der Waals surface area contributed by atoms with E-state index in [0.29, 0.717) is 11.5 Å². The van der Waals surface area contributed by atoms with Crippen molar-refractivity contribution in [3.05, 3.63) is 95.1 Å². The summed E-state index contributed by atoms with van der Waals surface area (Å²) < 4.78 is 12.1. The minimum Gasteiger partial charge on any atom is -0.383 e. The van der Waals surface area contributed by atoms with Gasteiger partial charge >= 0.3 is 0 Å². The van der Waals surface area contributed by atoms with Crippen molar-refractivity contribution < 1.29 is 9.47 Å². The molecule has 0 aliphatic carbocycles. The lowest BCUT2D eigenvalue weighted by molar-refractivity contribution is -0.00618. The lowest BCUT2D eigenvalue weighted by Gasteiger charge is -2.19. The van der Waals surface area contributed by atoms with Crippen molar-refractivity contribution in [2.75, 3.05) is 17.2 Å². The number of rotatable bonds is 8. The second kappa shape index (κ2) is 12.6. The molecular weight excluding hydrogens is 487 g/mol. The van der Waals surface area contributed by atoms with Crippen LogP contribution in [0.4, 0.5) is 15.9 Å². The van der Waals surface area contributed by atoms with Crippen molar-refractivity contribution in [1.29, 1.82) is 0 Å². The van der Waals surface area contributed by atoms with Crippen LogP contribution in [0.5, 0.6) is 5.75 Å². The van der Waals surface area contributed by atoms with E-state index in [9.17, 15) is 4.53 Å². The van der Waals surface area contributed by atoms with Gasteiger partial charge in [0, 0.05) is 22.4 Å². The molecule has 1 fully saturated rings. The molecule has 2 N–H and O–H groups in total. The standard InChI is InChI=1S/C28H27FN6OS/c1-20(2)17-23-5-3-4-6-26(23)35-15-16-37-28(35)34-33-18-21-7-9-22(10-8-21)27(30)32-19-31-24-11-13-25(36-29)14-12-24/h3-14,17-19H,15-16H2,1-2H3,(H2,30,31,32)/b33-18+,34-28-. The first kappa shape index (κ1) is 25.8. The van der Waals surface area contributed by atoms with Crippen molar-refractivity contribution in [3.63, 3.8) is 0 Å². The Hall–Kier alpha value is -4.24. The molecule has 0 bridgehead atoms. The van der Waals surface area contributed by atoms with Gasteiger partial charge in [-0.2, -0.15) is 5.10 Å². The van der Waals surface area contributed by atoms with Crippen LogP contribution >= 0.6 is 11.8 Å². The highest BCUT2D eigenvalue weighted by Crippen LogP contribution is 2.30. The lowest BCUT2D eigenvalue weighted by Crippen LogP contribution is -2.24. The first-order valence-corrected chi connectivity index (χ1v) is 12.6. The number of amidine groups is 2. The Kier molecular flexibility index (Phi) is 8.83. The molecule has 3 aromatic rings. The number of hydrogen-bond acceptors (Lipinski definition) is 5. The number of nitrogens with two attached hydrogens (primary N) is 1. The molecule has 0 amide bonds. The zero-order chi connectivity index (χ0) is 26.0. The molecule has 7 nitrogen and oxygen atoms in total. The fourth-order valence-corrected chi connectivity index (χ4v) is 4.48. The fraction of sp³-hybridized carbons (Fsp3) is 0.143. The van der Waals surface area contributed by atoms with E-state index in [1.807, 2.05) is 36.4 Å². The molecule has 1 saturated heterocycles. The minimum atomic E-state index is 0.112. The Morgan fingerprint density at radius 1 is 1.03 bits per heavy atom. The first-order chi connectivity index (χ1) is 18.0. The maximum Gasteiger partial charge on any atom is 0.190 e. The number of hydrogen-bond donors (Lipinski definition) is 1. The number of anilines is 1. The summed E-state index contributed by atoms with van der Waals surface area (Å²) in [5, 5.41) is 9.70. The Bertz CT molecular complexity index is 1360. The normalized spacial score (nSPS) is 15.2. The summed E-state index contributed by atoms with van der Waals surface area (Å²) in [6, 6.07) is 22.0. The van der Waals surface area contributed by atoms with Gasteiger partial charge in [-0.1, -0.05) is 65.9 Å². The Morgan fingerprint density at radius 2 is 1.78 bits per heavy atom. The SMILES string of the molecule is CC(C)=Cc1ccccc1N1CCS/C1=N\N=C\c1ccc(C(N)=NC=Nc2ccc(OF)cc2)cc1.